The molecule has 0 rings (SSSR count). The molecule has 0 aliphatic heterocycles. The largest absolute Gasteiger partial charge is 0.328 e. The van der Waals surface area contributed by atoms with Crippen molar-refractivity contribution < 1.29 is 0 Å². The third-order valence-electron chi connectivity index (χ3n) is 2.89. The van der Waals surface area contributed by atoms with Gasteiger partial charge in [-0.25, -0.2) is 0 Å². The van der Waals surface area contributed by atoms with Crippen LogP contribution in [0.2, 0.25) is 0 Å². The minimum Gasteiger partial charge on any atom is -0.328 e. The molecule has 0 amide bonds. The monoisotopic (exact) mass is 236 g/mol. The molecule has 0 aliphatic rings. The van der Waals surface area contributed by atoms with Gasteiger partial charge in [-0.3, -0.25) is 0 Å². The number of hydrogen-bond acceptors (Lipinski definition) is 2. The smallest absolute Gasteiger partial charge is 0.00417 e. The van der Waals surface area contributed by atoms with Crippen molar-refractivity contribution in [3.05, 3.63) is 0 Å². The van der Waals surface area contributed by atoms with Crippen molar-refractivity contribution in [3.8, 4) is 0 Å². The first-order valence-electron chi connectivity index (χ1n) is 5.93. The van der Waals surface area contributed by atoms with E-state index in [4.69, 9.17) is 5.73 Å². The van der Waals surface area contributed by atoms with Gasteiger partial charge in [-0.15, -0.1) is 12.4 Å². The van der Waals surface area contributed by atoms with Crippen molar-refractivity contribution in [1.29, 1.82) is 0 Å². The highest BCUT2D eigenvalue weighted by Gasteiger charge is 2.22. The number of nitrogens with two attached hydrogens (primary N) is 1. The normalized spacial score (nSPS) is 13.8. The van der Waals surface area contributed by atoms with Crippen molar-refractivity contribution >= 4 is 12.4 Å². The predicted molar refractivity (Wildman–Crippen MR) is 71.7 cm³/mol. The lowest BCUT2D eigenvalue weighted by Crippen LogP contribution is -2.38. The molecule has 2 N–H and O–H groups in total. The molecule has 3 heteroatoms. The van der Waals surface area contributed by atoms with E-state index in [0.29, 0.717) is 11.5 Å². The van der Waals surface area contributed by atoms with Gasteiger partial charge >= 0.3 is 0 Å². The Morgan fingerprint density at radius 2 is 1.60 bits per heavy atom. The van der Waals surface area contributed by atoms with Crippen LogP contribution >= 0.6 is 12.4 Å². The number of rotatable bonds is 7. The maximum atomic E-state index is 6.00. The standard InChI is InChI=1S/C12H28N2.ClH/c1-6-11(13)9-12(4,5)10-14(7-2)8-3;/h11H,6-10,13H2,1-5H3;1H. The van der Waals surface area contributed by atoms with Crippen LogP contribution in [-0.2, 0) is 0 Å². The second-order valence-corrected chi connectivity index (χ2v) is 5.00. The first-order valence-corrected chi connectivity index (χ1v) is 5.93. The molecule has 0 saturated heterocycles. The Labute approximate surface area is 102 Å². The topological polar surface area (TPSA) is 29.3 Å². The SMILES string of the molecule is CCC(N)CC(C)(C)CN(CC)CC.Cl. The highest BCUT2D eigenvalue weighted by atomic mass is 35.5. The van der Waals surface area contributed by atoms with E-state index in [-0.39, 0.29) is 12.4 Å². The van der Waals surface area contributed by atoms with Gasteiger partial charge in [0.15, 0.2) is 0 Å². The van der Waals surface area contributed by atoms with Crippen LogP contribution in [0.3, 0.4) is 0 Å². The first kappa shape index (κ1) is 17.6. The Kier molecular flexibility index (Phi) is 9.82. The van der Waals surface area contributed by atoms with Crippen molar-refractivity contribution in [2.45, 2.75) is 53.5 Å². The van der Waals surface area contributed by atoms with E-state index >= 15 is 0 Å². The summed E-state index contributed by atoms with van der Waals surface area (Å²) >= 11 is 0. The summed E-state index contributed by atoms with van der Waals surface area (Å²) in [6.07, 6.45) is 2.21. The molecule has 0 fully saturated rings. The summed E-state index contributed by atoms with van der Waals surface area (Å²) in [6.45, 7) is 14.7. The lowest BCUT2D eigenvalue weighted by atomic mass is 9.84. The fourth-order valence-electron chi connectivity index (χ4n) is 1.97. The predicted octanol–water partition coefficient (Wildman–Crippen LogP) is 2.90. The summed E-state index contributed by atoms with van der Waals surface area (Å²) in [4.78, 5) is 2.47. The molecule has 0 aromatic carbocycles. The zero-order chi connectivity index (χ0) is 11.2. The average molecular weight is 237 g/mol. The molecular formula is C12H29ClN2. The molecule has 0 aromatic rings. The lowest BCUT2D eigenvalue weighted by molar-refractivity contribution is 0.172. The van der Waals surface area contributed by atoms with E-state index in [0.717, 1.165) is 32.5 Å². The Balaban J connectivity index is 0. The van der Waals surface area contributed by atoms with Gasteiger partial charge in [0.25, 0.3) is 0 Å². The maximum Gasteiger partial charge on any atom is 0.00417 e. The van der Waals surface area contributed by atoms with Crippen molar-refractivity contribution in [2.24, 2.45) is 11.1 Å². The lowest BCUT2D eigenvalue weighted by Gasteiger charge is -2.33. The van der Waals surface area contributed by atoms with Gasteiger partial charge in [0, 0.05) is 12.6 Å². The van der Waals surface area contributed by atoms with Gasteiger partial charge in [0.2, 0.25) is 0 Å². The highest BCUT2D eigenvalue weighted by Crippen LogP contribution is 2.23. The van der Waals surface area contributed by atoms with Gasteiger partial charge < -0.3 is 10.6 Å². The van der Waals surface area contributed by atoms with Crippen molar-refractivity contribution in [3.63, 3.8) is 0 Å². The summed E-state index contributed by atoms with van der Waals surface area (Å²) in [5.41, 5.74) is 6.35. The third-order valence-corrected chi connectivity index (χ3v) is 2.89. The van der Waals surface area contributed by atoms with Crippen LogP contribution in [0.1, 0.15) is 47.5 Å². The third kappa shape index (κ3) is 8.06. The second-order valence-electron chi connectivity index (χ2n) is 5.00. The number of nitrogens with zero attached hydrogens (tertiary/aromatic N) is 1. The molecule has 0 radical (unpaired) electrons. The van der Waals surface area contributed by atoms with Crippen LogP contribution in [0.25, 0.3) is 0 Å². The second kappa shape index (κ2) is 8.37. The summed E-state index contributed by atoms with van der Waals surface area (Å²) in [6, 6.07) is 0.362. The van der Waals surface area contributed by atoms with Crippen LogP contribution in [0.5, 0.6) is 0 Å². The highest BCUT2D eigenvalue weighted by molar-refractivity contribution is 5.85. The molecule has 0 aromatic heterocycles. The molecule has 0 heterocycles. The van der Waals surface area contributed by atoms with E-state index < -0.39 is 0 Å². The molecule has 0 bridgehead atoms. The quantitative estimate of drug-likeness (QED) is 0.737. The average Bonchev–Trinajstić information content (AvgIpc) is 2.13. The molecule has 0 saturated carbocycles. The van der Waals surface area contributed by atoms with E-state index in [1.165, 1.54) is 0 Å². The minimum absolute atomic E-state index is 0. The molecule has 2 nitrogen and oxygen atoms in total. The maximum absolute atomic E-state index is 6.00. The van der Waals surface area contributed by atoms with E-state index in [9.17, 15) is 0 Å². The fraction of sp³-hybridized carbons (Fsp3) is 1.00. The van der Waals surface area contributed by atoms with Crippen LogP contribution in [0, 0.1) is 5.41 Å². The Bertz CT molecular complexity index is 145. The summed E-state index contributed by atoms with van der Waals surface area (Å²) in [7, 11) is 0. The van der Waals surface area contributed by atoms with Gasteiger partial charge in [0.1, 0.15) is 0 Å². The number of hydrogen-bond donors (Lipinski definition) is 1. The summed E-state index contributed by atoms with van der Waals surface area (Å²) in [5.74, 6) is 0. The Hall–Kier alpha value is 0.210. The molecule has 0 aliphatic carbocycles. The van der Waals surface area contributed by atoms with Crippen LogP contribution in [0.4, 0.5) is 0 Å². The minimum atomic E-state index is 0. The Morgan fingerprint density at radius 1 is 1.13 bits per heavy atom. The van der Waals surface area contributed by atoms with Crippen molar-refractivity contribution in [1.82, 2.24) is 4.90 Å². The van der Waals surface area contributed by atoms with E-state index in [2.05, 4.69) is 39.5 Å². The molecular weight excluding hydrogens is 208 g/mol. The van der Waals surface area contributed by atoms with Crippen molar-refractivity contribution in [2.75, 3.05) is 19.6 Å². The summed E-state index contributed by atoms with van der Waals surface area (Å²) < 4.78 is 0. The fourth-order valence-corrected chi connectivity index (χ4v) is 1.97. The molecule has 15 heavy (non-hydrogen) atoms. The van der Waals surface area contributed by atoms with Gasteiger partial charge in [0.05, 0.1) is 0 Å². The van der Waals surface area contributed by atoms with Gasteiger partial charge in [-0.1, -0.05) is 34.6 Å². The first-order chi connectivity index (χ1) is 6.45. The molecule has 1 unspecified atom stereocenters. The Morgan fingerprint density at radius 3 is 1.93 bits per heavy atom. The summed E-state index contributed by atoms with van der Waals surface area (Å²) in [5, 5.41) is 0. The van der Waals surface area contributed by atoms with E-state index in [1.54, 1.807) is 0 Å². The van der Waals surface area contributed by atoms with Gasteiger partial charge in [-0.05, 0) is 31.3 Å². The van der Waals surface area contributed by atoms with E-state index in [1.807, 2.05) is 0 Å². The zero-order valence-corrected chi connectivity index (χ0v) is 11.9. The zero-order valence-electron chi connectivity index (χ0n) is 11.0. The van der Waals surface area contributed by atoms with Crippen LogP contribution in [-0.4, -0.2) is 30.6 Å². The molecule has 0 spiro atoms. The van der Waals surface area contributed by atoms with Crippen LogP contribution in [0.15, 0.2) is 0 Å². The van der Waals surface area contributed by atoms with Crippen LogP contribution < -0.4 is 5.73 Å². The number of halogens is 1. The van der Waals surface area contributed by atoms with Gasteiger partial charge in [-0.2, -0.15) is 0 Å². The molecule has 94 valence electrons. The molecule has 1 atom stereocenters.